The van der Waals surface area contributed by atoms with Gasteiger partial charge in [0.2, 0.25) is 0 Å². The summed E-state index contributed by atoms with van der Waals surface area (Å²) in [6.07, 6.45) is -2.38. The molecule has 4 amide bonds. The fourth-order valence-corrected chi connectivity index (χ4v) is 8.83. The molecule has 18 heteroatoms. The van der Waals surface area contributed by atoms with Crippen LogP contribution in [0.2, 0.25) is 0 Å². The molecule has 2 aromatic carbocycles. The normalized spacial score (nSPS) is 24.1. The molecule has 0 spiro atoms. The topological polar surface area (TPSA) is 212 Å². The summed E-state index contributed by atoms with van der Waals surface area (Å²) in [5.41, 5.74) is 2.11. The zero-order valence-electron chi connectivity index (χ0n) is 45.8. The van der Waals surface area contributed by atoms with Crippen molar-refractivity contribution >= 4 is 47.5 Å². The van der Waals surface area contributed by atoms with E-state index in [1.165, 1.54) is 48.3 Å². The van der Waals surface area contributed by atoms with E-state index in [1.54, 1.807) is 48.7 Å². The molecule has 0 N–H and O–H groups in total. The molecule has 0 unspecified atom stereocenters. The van der Waals surface area contributed by atoms with Crippen LogP contribution in [0.5, 0.6) is 0 Å². The third kappa shape index (κ3) is 17.0. The van der Waals surface area contributed by atoms with Crippen LogP contribution in [0.25, 0.3) is 0 Å². The highest BCUT2D eigenvalue weighted by Gasteiger charge is 2.43. The number of likely N-dealkylation sites (N-methyl/N-ethyl adjacent to an activating group) is 4. The highest BCUT2D eigenvalue weighted by Crippen LogP contribution is 2.24. The number of carbonyl (C=O) groups excluding carboxylic acids is 8. The molecule has 4 rings (SSSR count). The lowest BCUT2D eigenvalue weighted by Crippen LogP contribution is -2.55. The van der Waals surface area contributed by atoms with Crippen molar-refractivity contribution < 1.29 is 61.7 Å². The zero-order valence-corrected chi connectivity index (χ0v) is 45.8. The van der Waals surface area contributed by atoms with Gasteiger partial charge in [-0.25, -0.2) is 24.2 Å². The smallest absolute Gasteiger partial charge is 0.329 e. The Bertz CT molecular complexity index is 2340. The van der Waals surface area contributed by atoms with Crippen molar-refractivity contribution in [3.8, 4) is 0 Å². The number of hydrogen-bond acceptors (Lipinski definition) is 14. The van der Waals surface area contributed by atoms with Gasteiger partial charge in [0.1, 0.15) is 30.4 Å². The molecule has 1 saturated heterocycles. The van der Waals surface area contributed by atoms with Crippen LogP contribution in [0, 0.1) is 23.7 Å². The Morgan fingerprint density at radius 3 is 1.11 bits per heavy atom. The molecule has 1 aliphatic heterocycles. The van der Waals surface area contributed by atoms with Crippen LogP contribution in [0.15, 0.2) is 71.5 Å². The summed E-state index contributed by atoms with van der Waals surface area (Å²) < 4.78 is 29.4. The lowest BCUT2D eigenvalue weighted by molar-refractivity contribution is -0.176. The molecule has 0 radical (unpaired) electrons. The van der Waals surface area contributed by atoms with E-state index in [9.17, 15) is 38.4 Å². The summed E-state index contributed by atoms with van der Waals surface area (Å²) in [4.78, 5) is 125. The minimum Gasteiger partial charge on any atom is -0.451 e. The first-order chi connectivity index (χ1) is 34.8. The van der Waals surface area contributed by atoms with E-state index in [2.05, 4.69) is 4.98 Å². The molecule has 0 aliphatic carbocycles. The van der Waals surface area contributed by atoms with Crippen LogP contribution in [-0.2, 0) is 76.6 Å². The summed E-state index contributed by atoms with van der Waals surface area (Å²) in [7, 11) is 5.55. The Morgan fingerprint density at radius 1 is 0.446 bits per heavy atom. The molecular formula is C56H79N5O13. The van der Waals surface area contributed by atoms with Crippen molar-refractivity contribution in [2.45, 2.75) is 163 Å². The van der Waals surface area contributed by atoms with Gasteiger partial charge in [-0.15, -0.1) is 0 Å². The molecule has 74 heavy (non-hydrogen) atoms. The van der Waals surface area contributed by atoms with E-state index < -0.39 is 96.1 Å². The van der Waals surface area contributed by atoms with Crippen LogP contribution in [-0.4, -0.2) is 149 Å². The number of ether oxygens (including phenoxy) is 4. The molecule has 18 nitrogen and oxygen atoms in total. The number of nitrogens with zero attached hydrogens (tertiary/aromatic N) is 5. The first-order valence-corrected chi connectivity index (χ1v) is 25.7. The van der Waals surface area contributed by atoms with Crippen molar-refractivity contribution in [2.75, 3.05) is 28.2 Å². The first kappa shape index (κ1) is 60.0. The van der Waals surface area contributed by atoms with E-state index in [4.69, 9.17) is 23.4 Å². The maximum Gasteiger partial charge on any atom is 0.329 e. The van der Waals surface area contributed by atoms with Crippen LogP contribution < -0.4 is 0 Å². The fourth-order valence-electron chi connectivity index (χ4n) is 8.83. The third-order valence-corrected chi connectivity index (χ3v) is 13.0. The Balaban J connectivity index is 1.85. The molecule has 1 aromatic heterocycles. The highest BCUT2D eigenvalue weighted by molar-refractivity contribution is 5.94. The van der Waals surface area contributed by atoms with Gasteiger partial charge in [0.25, 0.3) is 23.6 Å². The Labute approximate surface area is 436 Å². The van der Waals surface area contributed by atoms with Gasteiger partial charge in [-0.05, 0) is 79.9 Å². The van der Waals surface area contributed by atoms with Crippen molar-refractivity contribution in [2.24, 2.45) is 23.7 Å². The van der Waals surface area contributed by atoms with Gasteiger partial charge in [0.05, 0.1) is 6.20 Å². The average molecular weight is 1030 g/mol. The number of esters is 4. The molecule has 1 aliphatic rings. The second-order valence-electron chi connectivity index (χ2n) is 21.2. The van der Waals surface area contributed by atoms with Crippen molar-refractivity contribution in [1.82, 2.24) is 24.6 Å². The molecule has 1 fully saturated rings. The van der Waals surface area contributed by atoms with E-state index in [0.29, 0.717) is 23.4 Å². The van der Waals surface area contributed by atoms with E-state index in [1.807, 2.05) is 67.5 Å². The number of cyclic esters (lactones) is 4. The molecular weight excluding hydrogens is 951 g/mol. The first-order valence-electron chi connectivity index (χ1n) is 25.7. The van der Waals surface area contributed by atoms with Crippen LogP contribution in [0.3, 0.4) is 0 Å². The SMILES string of the molecule is CC(C)C[C@H]1C(=O)O[C@H](Cc2ccc(Cc3ncco3)cc2)C(=O)N(C)[C@@H](CC(C)C)C(=O)O[C@H](C)C(=O)N(C)[C@@H](CC(C)C)C(=O)O[C@H](Cc2ccccc2)C(=O)N(C)[C@@H](CC(C)C)C(=O)O[C@H](C)C(=O)N1C. The number of rotatable bonds is 14. The van der Waals surface area contributed by atoms with E-state index in [0.717, 1.165) is 25.2 Å². The van der Waals surface area contributed by atoms with Crippen molar-refractivity contribution in [1.29, 1.82) is 0 Å². The summed E-state index contributed by atoms with van der Waals surface area (Å²) in [6.45, 7) is 17.5. The lowest BCUT2D eigenvalue weighted by Gasteiger charge is -2.35. The van der Waals surface area contributed by atoms with Gasteiger partial charge in [0, 0.05) is 47.5 Å². The summed E-state index contributed by atoms with van der Waals surface area (Å²) in [5, 5.41) is 0. The Hall–Kier alpha value is -6.59. The predicted molar refractivity (Wildman–Crippen MR) is 275 cm³/mol. The van der Waals surface area contributed by atoms with Gasteiger partial charge < -0.3 is 43.0 Å². The number of oxazole rings is 1. The van der Waals surface area contributed by atoms with Gasteiger partial charge in [-0.3, -0.25) is 19.2 Å². The Morgan fingerprint density at radius 2 is 0.770 bits per heavy atom. The van der Waals surface area contributed by atoms with E-state index in [-0.39, 0.29) is 62.2 Å². The van der Waals surface area contributed by atoms with Crippen LogP contribution in [0.4, 0.5) is 0 Å². The second kappa shape index (κ2) is 27.6. The van der Waals surface area contributed by atoms with Crippen molar-refractivity contribution in [3.05, 3.63) is 89.6 Å². The summed E-state index contributed by atoms with van der Waals surface area (Å²) in [6, 6.07) is 11.0. The standard InChI is InChI=1S/C56H79N5O13/c1-33(2)26-42-53(66)71-38(10)50(63)59(12)45(29-36(7)8)56(69)74-47(31-40-20-22-41(23-21-40)32-48-57-24-25-70-48)52(65)61(14)43(27-34(3)4)54(67)72-37(9)49(62)58(11)44(28-35(5)6)55(68)73-46(51(64)60(42)13)30-39-18-16-15-17-19-39/h15-25,33-38,42-47H,26-32H2,1-14H3/t37-,38-,42+,43+,44+,45+,46-,47-/m1/s1. The predicted octanol–water partition coefficient (Wildman–Crippen LogP) is 6.24. The maximum atomic E-state index is 14.9. The summed E-state index contributed by atoms with van der Waals surface area (Å²) in [5.74, 6) is -6.83. The lowest BCUT2D eigenvalue weighted by atomic mass is 9.99. The van der Waals surface area contributed by atoms with Gasteiger partial charge >= 0.3 is 23.9 Å². The highest BCUT2D eigenvalue weighted by atomic mass is 16.6. The largest absolute Gasteiger partial charge is 0.451 e. The zero-order chi connectivity index (χ0) is 55.1. The number of hydrogen-bond donors (Lipinski definition) is 0. The molecule has 8 atom stereocenters. The number of carbonyl (C=O) groups is 8. The average Bonchev–Trinajstić information content (AvgIpc) is 3.86. The van der Waals surface area contributed by atoms with Gasteiger partial charge in [0.15, 0.2) is 30.3 Å². The number of benzene rings is 2. The molecule has 3 aromatic rings. The fraction of sp³-hybridized carbons (Fsp3) is 0.589. The van der Waals surface area contributed by atoms with E-state index >= 15 is 0 Å². The number of aromatic nitrogens is 1. The monoisotopic (exact) mass is 1030 g/mol. The minimum atomic E-state index is -1.53. The molecule has 0 saturated carbocycles. The third-order valence-electron chi connectivity index (χ3n) is 13.0. The Kier molecular flexibility index (Phi) is 22.4. The van der Waals surface area contributed by atoms with Crippen LogP contribution in [0.1, 0.15) is 118 Å². The van der Waals surface area contributed by atoms with Crippen molar-refractivity contribution in [3.63, 3.8) is 0 Å². The van der Waals surface area contributed by atoms with Gasteiger partial charge in [-0.2, -0.15) is 0 Å². The molecule has 0 bridgehead atoms. The maximum absolute atomic E-state index is 14.9. The van der Waals surface area contributed by atoms with Gasteiger partial charge in [-0.1, -0.05) is 110 Å². The minimum absolute atomic E-state index is 0.0867. The molecule has 2 heterocycles. The number of amides is 4. The molecule has 406 valence electrons. The summed E-state index contributed by atoms with van der Waals surface area (Å²) >= 11 is 0. The second-order valence-corrected chi connectivity index (χ2v) is 21.2. The van der Waals surface area contributed by atoms with Crippen LogP contribution >= 0.6 is 0 Å². The quantitative estimate of drug-likeness (QED) is 0.129.